The summed E-state index contributed by atoms with van der Waals surface area (Å²) in [6, 6.07) is 2.94. The Morgan fingerprint density at radius 2 is 2.25 bits per heavy atom. The molecule has 4 heterocycles. The van der Waals surface area contributed by atoms with E-state index in [2.05, 4.69) is 32.1 Å². The number of pyridine rings is 1. The molecule has 1 atom stereocenters. The Bertz CT molecular complexity index is 877. The Kier molecular flexibility index (Phi) is 3.85. The third kappa shape index (κ3) is 2.71. The summed E-state index contributed by atoms with van der Waals surface area (Å²) < 4.78 is 19.2. The Balaban J connectivity index is 1.62. The lowest BCUT2D eigenvalue weighted by Gasteiger charge is -2.20. The normalized spacial score (nSPS) is 16.1. The Morgan fingerprint density at radius 3 is 3.08 bits per heavy atom. The number of aromatic nitrogens is 4. The molecule has 3 aromatic heterocycles. The van der Waals surface area contributed by atoms with Crippen LogP contribution in [0.1, 0.15) is 34.9 Å². The van der Waals surface area contributed by atoms with Gasteiger partial charge in [-0.3, -0.25) is 4.98 Å². The van der Waals surface area contributed by atoms with Crippen molar-refractivity contribution in [3.05, 3.63) is 46.2 Å². The number of thiazole rings is 1. The zero-order chi connectivity index (χ0) is 16.7. The van der Waals surface area contributed by atoms with Gasteiger partial charge in [0.05, 0.1) is 17.3 Å². The van der Waals surface area contributed by atoms with Crippen LogP contribution >= 0.6 is 11.3 Å². The van der Waals surface area contributed by atoms with Crippen molar-refractivity contribution in [1.29, 1.82) is 0 Å². The number of fused-ring (bicyclic) bond motifs is 1. The summed E-state index contributed by atoms with van der Waals surface area (Å²) in [6.07, 6.45) is 2.49. The van der Waals surface area contributed by atoms with Crippen LogP contribution in [-0.2, 0) is 13.0 Å². The molecule has 24 heavy (non-hydrogen) atoms. The van der Waals surface area contributed by atoms with Crippen molar-refractivity contribution in [2.75, 3.05) is 13.6 Å². The van der Waals surface area contributed by atoms with Crippen LogP contribution in [0, 0.1) is 5.82 Å². The highest BCUT2D eigenvalue weighted by Gasteiger charge is 2.24. The average Bonchev–Trinajstić information content (AvgIpc) is 3.20. The predicted octanol–water partition coefficient (Wildman–Crippen LogP) is 2.87. The second-order valence-corrected chi connectivity index (χ2v) is 7.01. The van der Waals surface area contributed by atoms with Crippen LogP contribution in [0.25, 0.3) is 10.9 Å². The number of likely N-dealkylation sites (N-methyl/N-ethyl adjacent to an activating group) is 1. The summed E-state index contributed by atoms with van der Waals surface area (Å²) in [5.41, 5.74) is 1.42. The quantitative estimate of drug-likeness (QED) is 0.727. The van der Waals surface area contributed by atoms with Crippen molar-refractivity contribution in [3.63, 3.8) is 0 Å². The maximum Gasteiger partial charge on any atom is 0.286 e. The van der Waals surface area contributed by atoms with Gasteiger partial charge in [-0.15, -0.1) is 11.3 Å². The van der Waals surface area contributed by atoms with Crippen LogP contribution in [0.3, 0.4) is 0 Å². The van der Waals surface area contributed by atoms with Gasteiger partial charge in [0, 0.05) is 30.6 Å². The Morgan fingerprint density at radius 1 is 1.38 bits per heavy atom. The Hall–Kier alpha value is -2.19. The molecular formula is C16H16FN5OS. The van der Waals surface area contributed by atoms with Gasteiger partial charge in [0.2, 0.25) is 0 Å². The summed E-state index contributed by atoms with van der Waals surface area (Å²) in [6.45, 7) is 3.70. The Labute approximate surface area is 142 Å². The lowest BCUT2D eigenvalue weighted by Crippen LogP contribution is -2.25. The monoisotopic (exact) mass is 345 g/mol. The van der Waals surface area contributed by atoms with E-state index in [9.17, 15) is 4.39 Å². The van der Waals surface area contributed by atoms with Gasteiger partial charge in [0.25, 0.3) is 5.89 Å². The molecule has 0 saturated heterocycles. The minimum atomic E-state index is -0.385. The first-order valence-corrected chi connectivity index (χ1v) is 8.55. The standard InChI is InChI=1S/C16H16FN5OS/c1-9(13-10(17)4-3-6-18-13)14-20-15(23-21-14)16-19-11-5-7-22(2)8-12(11)24-16/h3-4,6,9H,5,7-8H2,1-2H3. The smallest absolute Gasteiger partial charge is 0.286 e. The van der Waals surface area contributed by atoms with E-state index in [4.69, 9.17) is 4.52 Å². The molecule has 0 saturated carbocycles. The van der Waals surface area contributed by atoms with Gasteiger partial charge in [0.15, 0.2) is 10.8 Å². The molecule has 0 fully saturated rings. The molecule has 4 rings (SSSR count). The highest BCUT2D eigenvalue weighted by Crippen LogP contribution is 2.31. The van der Waals surface area contributed by atoms with Crippen molar-refractivity contribution in [3.8, 4) is 10.9 Å². The van der Waals surface area contributed by atoms with Crippen LogP contribution < -0.4 is 0 Å². The number of halogens is 1. The van der Waals surface area contributed by atoms with Gasteiger partial charge < -0.3 is 9.42 Å². The number of hydrogen-bond donors (Lipinski definition) is 0. The van der Waals surface area contributed by atoms with Crippen LogP contribution in [-0.4, -0.2) is 38.6 Å². The second kappa shape index (κ2) is 6.03. The summed E-state index contributed by atoms with van der Waals surface area (Å²) in [5, 5.41) is 4.72. The van der Waals surface area contributed by atoms with Crippen molar-refractivity contribution in [2.24, 2.45) is 0 Å². The number of nitrogens with zero attached hydrogens (tertiary/aromatic N) is 5. The molecule has 3 aromatic rings. The fourth-order valence-corrected chi connectivity index (χ4v) is 3.86. The van der Waals surface area contributed by atoms with Gasteiger partial charge in [-0.1, -0.05) is 5.16 Å². The fraction of sp³-hybridized carbons (Fsp3) is 0.375. The van der Waals surface area contributed by atoms with Crippen molar-refractivity contribution in [2.45, 2.75) is 25.8 Å². The number of rotatable bonds is 3. The van der Waals surface area contributed by atoms with Gasteiger partial charge in [-0.25, -0.2) is 9.37 Å². The molecule has 0 aromatic carbocycles. The zero-order valence-electron chi connectivity index (χ0n) is 13.4. The molecule has 0 bridgehead atoms. The van der Waals surface area contributed by atoms with Crippen LogP contribution in [0.5, 0.6) is 0 Å². The molecule has 1 aliphatic rings. The maximum atomic E-state index is 13.9. The molecule has 0 aliphatic carbocycles. The highest BCUT2D eigenvalue weighted by molar-refractivity contribution is 7.15. The molecule has 8 heteroatoms. The molecule has 6 nitrogen and oxygen atoms in total. The molecule has 1 unspecified atom stereocenters. The second-order valence-electron chi connectivity index (χ2n) is 5.93. The van der Waals surface area contributed by atoms with E-state index in [-0.39, 0.29) is 11.7 Å². The van der Waals surface area contributed by atoms with Crippen molar-refractivity contribution in [1.82, 2.24) is 25.0 Å². The first-order chi connectivity index (χ1) is 11.6. The van der Waals surface area contributed by atoms with Crippen LogP contribution in [0.15, 0.2) is 22.9 Å². The van der Waals surface area contributed by atoms with E-state index < -0.39 is 0 Å². The van der Waals surface area contributed by atoms with E-state index >= 15 is 0 Å². The minimum Gasteiger partial charge on any atom is -0.331 e. The van der Waals surface area contributed by atoms with Gasteiger partial charge in [-0.2, -0.15) is 4.98 Å². The largest absolute Gasteiger partial charge is 0.331 e. The first-order valence-electron chi connectivity index (χ1n) is 7.73. The van der Waals surface area contributed by atoms with Gasteiger partial charge >= 0.3 is 0 Å². The van der Waals surface area contributed by atoms with E-state index in [1.807, 2.05) is 6.92 Å². The van der Waals surface area contributed by atoms with E-state index in [1.165, 1.54) is 10.9 Å². The zero-order valence-corrected chi connectivity index (χ0v) is 14.2. The maximum absolute atomic E-state index is 13.9. The third-order valence-corrected chi connectivity index (χ3v) is 5.20. The third-order valence-electron chi connectivity index (χ3n) is 4.13. The molecule has 0 amide bonds. The SMILES string of the molecule is CC(c1noc(-c2nc3c(s2)CN(C)CC3)n1)c1ncccc1F. The fourth-order valence-electron chi connectivity index (χ4n) is 2.75. The molecular weight excluding hydrogens is 329 g/mol. The van der Waals surface area contributed by atoms with Crippen LogP contribution in [0.4, 0.5) is 4.39 Å². The summed E-state index contributed by atoms with van der Waals surface area (Å²) in [4.78, 5) is 16.6. The first kappa shape index (κ1) is 15.3. The molecule has 0 N–H and O–H groups in total. The molecule has 1 aliphatic heterocycles. The van der Waals surface area contributed by atoms with Gasteiger partial charge in [-0.05, 0) is 26.1 Å². The molecule has 124 valence electrons. The average molecular weight is 345 g/mol. The van der Waals surface area contributed by atoms with E-state index in [0.29, 0.717) is 17.4 Å². The highest BCUT2D eigenvalue weighted by atomic mass is 32.1. The molecule has 0 radical (unpaired) electrons. The van der Waals surface area contributed by atoms with E-state index in [0.717, 1.165) is 30.2 Å². The van der Waals surface area contributed by atoms with Gasteiger partial charge in [0.1, 0.15) is 5.82 Å². The lowest BCUT2D eigenvalue weighted by molar-refractivity contribution is 0.314. The predicted molar refractivity (Wildman–Crippen MR) is 87.2 cm³/mol. The lowest BCUT2D eigenvalue weighted by atomic mass is 10.1. The topological polar surface area (TPSA) is 67.9 Å². The minimum absolute atomic E-state index is 0.310. The van der Waals surface area contributed by atoms with Crippen molar-refractivity contribution < 1.29 is 8.91 Å². The summed E-state index contributed by atoms with van der Waals surface area (Å²) in [5.74, 6) is 0.0386. The van der Waals surface area contributed by atoms with Crippen LogP contribution in [0.2, 0.25) is 0 Å². The summed E-state index contributed by atoms with van der Waals surface area (Å²) in [7, 11) is 2.09. The molecule has 0 spiro atoms. The van der Waals surface area contributed by atoms with Crippen molar-refractivity contribution >= 4 is 11.3 Å². The van der Waals surface area contributed by atoms with E-state index in [1.54, 1.807) is 23.6 Å². The number of hydrogen-bond acceptors (Lipinski definition) is 7. The summed E-state index contributed by atoms with van der Waals surface area (Å²) >= 11 is 1.58.